The third kappa shape index (κ3) is 2.23. The number of aromatic nitrogens is 2. The third-order valence-corrected chi connectivity index (χ3v) is 2.25. The molecule has 0 saturated carbocycles. The first-order valence-electron chi connectivity index (χ1n) is 4.87. The number of aryl methyl sites for hydroxylation is 1. The zero-order chi connectivity index (χ0) is 11.5. The fourth-order valence-corrected chi connectivity index (χ4v) is 1.50. The van der Waals surface area contributed by atoms with Gasteiger partial charge in [-0.2, -0.15) is 0 Å². The highest BCUT2D eigenvalue weighted by Crippen LogP contribution is 2.21. The number of nitrogens with zero attached hydrogens (tertiary/aromatic N) is 2. The summed E-state index contributed by atoms with van der Waals surface area (Å²) < 4.78 is 12.9. The van der Waals surface area contributed by atoms with Crippen molar-refractivity contribution in [3.63, 3.8) is 0 Å². The van der Waals surface area contributed by atoms with E-state index in [1.54, 1.807) is 12.4 Å². The number of rotatable bonds is 2. The van der Waals surface area contributed by atoms with Crippen LogP contribution in [-0.4, -0.2) is 15.1 Å². The van der Waals surface area contributed by atoms with Gasteiger partial charge in [-0.1, -0.05) is 6.07 Å². The molecule has 0 aliphatic rings. The van der Waals surface area contributed by atoms with Gasteiger partial charge in [-0.3, -0.25) is 9.97 Å². The number of aliphatic hydroxyl groups excluding tert-OH is 1. The number of hydrogen-bond acceptors (Lipinski definition) is 3. The largest absolute Gasteiger partial charge is 0.384 e. The van der Waals surface area contributed by atoms with Crippen LogP contribution in [0.5, 0.6) is 0 Å². The average molecular weight is 218 g/mol. The van der Waals surface area contributed by atoms with Crippen LogP contribution >= 0.6 is 0 Å². The average Bonchev–Trinajstić information content (AvgIpc) is 2.28. The molecular weight excluding hydrogens is 207 g/mol. The molecule has 0 radical (unpaired) electrons. The van der Waals surface area contributed by atoms with E-state index in [2.05, 4.69) is 9.97 Å². The van der Waals surface area contributed by atoms with E-state index in [4.69, 9.17) is 0 Å². The van der Waals surface area contributed by atoms with Crippen molar-refractivity contribution in [1.82, 2.24) is 9.97 Å². The molecule has 1 unspecified atom stereocenters. The minimum absolute atomic E-state index is 0.424. The van der Waals surface area contributed by atoms with Crippen LogP contribution in [0.15, 0.2) is 36.9 Å². The Morgan fingerprint density at radius 2 is 1.69 bits per heavy atom. The number of aliphatic hydroxyl groups is 1. The SMILES string of the molecule is Cc1cncc(C(O)c2cncc(F)c2)c1. The Labute approximate surface area is 92.6 Å². The van der Waals surface area contributed by atoms with E-state index in [0.29, 0.717) is 11.1 Å². The quantitative estimate of drug-likeness (QED) is 0.838. The summed E-state index contributed by atoms with van der Waals surface area (Å²) >= 11 is 0. The van der Waals surface area contributed by atoms with Crippen molar-refractivity contribution < 1.29 is 9.50 Å². The standard InChI is InChI=1S/C12H11FN2O/c1-8-2-9(5-14-4-8)12(16)10-3-11(13)7-15-6-10/h2-7,12,16H,1H3. The molecule has 0 saturated heterocycles. The first kappa shape index (κ1) is 10.7. The highest BCUT2D eigenvalue weighted by atomic mass is 19.1. The van der Waals surface area contributed by atoms with Crippen molar-refractivity contribution in [3.05, 3.63) is 59.4 Å². The first-order chi connectivity index (χ1) is 7.66. The molecule has 2 heterocycles. The molecule has 1 N–H and O–H groups in total. The minimum atomic E-state index is -0.893. The molecule has 82 valence electrons. The number of hydrogen-bond donors (Lipinski definition) is 1. The van der Waals surface area contributed by atoms with Gasteiger partial charge in [0.2, 0.25) is 0 Å². The molecule has 0 bridgehead atoms. The molecule has 0 spiro atoms. The zero-order valence-electron chi connectivity index (χ0n) is 8.76. The van der Waals surface area contributed by atoms with Gasteiger partial charge in [-0.15, -0.1) is 0 Å². The van der Waals surface area contributed by atoms with Crippen molar-refractivity contribution in [2.24, 2.45) is 0 Å². The highest BCUT2D eigenvalue weighted by Gasteiger charge is 2.11. The summed E-state index contributed by atoms with van der Waals surface area (Å²) in [6.45, 7) is 1.88. The highest BCUT2D eigenvalue weighted by molar-refractivity contribution is 5.28. The van der Waals surface area contributed by atoms with Crippen LogP contribution in [0.4, 0.5) is 4.39 Å². The van der Waals surface area contributed by atoms with Crippen LogP contribution in [0.2, 0.25) is 0 Å². The Kier molecular flexibility index (Phi) is 2.92. The molecule has 3 nitrogen and oxygen atoms in total. The molecule has 2 rings (SSSR count). The summed E-state index contributed by atoms with van der Waals surface area (Å²) in [6, 6.07) is 3.07. The fraction of sp³-hybridized carbons (Fsp3) is 0.167. The molecule has 2 aromatic rings. The van der Waals surface area contributed by atoms with Gasteiger partial charge in [0, 0.05) is 29.7 Å². The molecular formula is C12H11FN2O. The Hall–Kier alpha value is -1.81. The minimum Gasteiger partial charge on any atom is -0.384 e. The lowest BCUT2D eigenvalue weighted by Crippen LogP contribution is -2.01. The molecule has 0 aliphatic carbocycles. The number of pyridine rings is 2. The van der Waals surface area contributed by atoms with E-state index in [-0.39, 0.29) is 0 Å². The van der Waals surface area contributed by atoms with Crippen LogP contribution in [0.1, 0.15) is 22.8 Å². The normalized spacial score (nSPS) is 12.4. The Balaban J connectivity index is 2.35. The second-order valence-corrected chi connectivity index (χ2v) is 3.63. The molecule has 0 aliphatic heterocycles. The van der Waals surface area contributed by atoms with Gasteiger partial charge in [0.25, 0.3) is 0 Å². The lowest BCUT2D eigenvalue weighted by Gasteiger charge is -2.10. The van der Waals surface area contributed by atoms with E-state index in [1.165, 1.54) is 12.3 Å². The summed E-state index contributed by atoms with van der Waals surface area (Å²) in [6.07, 6.45) is 4.90. The van der Waals surface area contributed by atoms with Crippen LogP contribution in [-0.2, 0) is 0 Å². The van der Waals surface area contributed by atoms with Crippen LogP contribution in [0.3, 0.4) is 0 Å². The molecule has 1 atom stereocenters. The zero-order valence-corrected chi connectivity index (χ0v) is 8.76. The maximum Gasteiger partial charge on any atom is 0.141 e. The summed E-state index contributed by atoms with van der Waals surface area (Å²) in [5.41, 5.74) is 2.00. The Morgan fingerprint density at radius 3 is 2.31 bits per heavy atom. The van der Waals surface area contributed by atoms with E-state index < -0.39 is 11.9 Å². The summed E-state index contributed by atoms with van der Waals surface area (Å²) in [7, 11) is 0. The van der Waals surface area contributed by atoms with Crippen molar-refractivity contribution >= 4 is 0 Å². The maximum absolute atomic E-state index is 12.9. The summed E-state index contributed by atoms with van der Waals surface area (Å²) in [5, 5.41) is 9.99. The number of halogens is 1. The second kappa shape index (κ2) is 4.37. The molecule has 0 aromatic carbocycles. The predicted molar refractivity (Wildman–Crippen MR) is 57.2 cm³/mol. The van der Waals surface area contributed by atoms with Gasteiger partial charge >= 0.3 is 0 Å². The van der Waals surface area contributed by atoms with Crippen molar-refractivity contribution in [2.45, 2.75) is 13.0 Å². The van der Waals surface area contributed by atoms with Gasteiger partial charge in [0.1, 0.15) is 11.9 Å². The second-order valence-electron chi connectivity index (χ2n) is 3.63. The topological polar surface area (TPSA) is 46.0 Å². The molecule has 16 heavy (non-hydrogen) atoms. The summed E-state index contributed by atoms with van der Waals surface area (Å²) in [4.78, 5) is 7.68. The Bertz CT molecular complexity index is 456. The van der Waals surface area contributed by atoms with E-state index in [9.17, 15) is 9.50 Å². The Morgan fingerprint density at radius 1 is 1.06 bits per heavy atom. The first-order valence-corrected chi connectivity index (χ1v) is 4.87. The fourth-order valence-electron chi connectivity index (χ4n) is 1.50. The van der Waals surface area contributed by atoms with Crippen LogP contribution < -0.4 is 0 Å². The smallest absolute Gasteiger partial charge is 0.141 e. The summed E-state index contributed by atoms with van der Waals surface area (Å²) in [5.74, 6) is -0.461. The molecule has 4 heteroatoms. The van der Waals surface area contributed by atoms with Gasteiger partial charge < -0.3 is 5.11 Å². The molecule has 0 amide bonds. The molecule has 2 aromatic heterocycles. The van der Waals surface area contributed by atoms with Gasteiger partial charge in [-0.25, -0.2) is 4.39 Å². The van der Waals surface area contributed by atoms with E-state index >= 15 is 0 Å². The lowest BCUT2D eigenvalue weighted by atomic mass is 10.0. The van der Waals surface area contributed by atoms with Crippen LogP contribution in [0.25, 0.3) is 0 Å². The van der Waals surface area contributed by atoms with Gasteiger partial charge in [0.15, 0.2) is 0 Å². The lowest BCUT2D eigenvalue weighted by molar-refractivity contribution is 0.219. The van der Waals surface area contributed by atoms with Crippen LogP contribution in [0, 0.1) is 12.7 Å². The maximum atomic E-state index is 12.9. The monoisotopic (exact) mass is 218 g/mol. The van der Waals surface area contributed by atoms with Crippen molar-refractivity contribution in [3.8, 4) is 0 Å². The third-order valence-electron chi connectivity index (χ3n) is 2.25. The van der Waals surface area contributed by atoms with E-state index in [0.717, 1.165) is 11.8 Å². The van der Waals surface area contributed by atoms with Gasteiger partial charge in [0.05, 0.1) is 6.20 Å². The van der Waals surface area contributed by atoms with Gasteiger partial charge in [-0.05, 0) is 18.6 Å². The van der Waals surface area contributed by atoms with Crippen molar-refractivity contribution in [1.29, 1.82) is 0 Å². The predicted octanol–water partition coefficient (Wildman–Crippen LogP) is 2.01. The molecule has 0 fully saturated rings. The van der Waals surface area contributed by atoms with Crippen molar-refractivity contribution in [2.75, 3.05) is 0 Å². The van der Waals surface area contributed by atoms with E-state index in [1.807, 2.05) is 13.0 Å².